The van der Waals surface area contributed by atoms with Gasteiger partial charge in [-0.3, -0.25) is 14.4 Å². The molecule has 8 nitrogen and oxygen atoms in total. The van der Waals surface area contributed by atoms with Gasteiger partial charge in [0.25, 0.3) is 0 Å². The highest BCUT2D eigenvalue weighted by molar-refractivity contribution is 6.03. The molecule has 2 amide bonds. The number of aromatic nitrogens is 2. The summed E-state index contributed by atoms with van der Waals surface area (Å²) in [6, 6.07) is 5.76. The molecule has 1 aromatic heterocycles. The minimum atomic E-state index is -2.69. The summed E-state index contributed by atoms with van der Waals surface area (Å²) in [5.41, 5.74) is 3.00. The molecule has 5 rings (SSSR count). The Morgan fingerprint density at radius 2 is 1.81 bits per heavy atom. The molecular formula is C26H33F2N5O3. The van der Waals surface area contributed by atoms with Crippen LogP contribution in [0.4, 0.5) is 25.0 Å². The third kappa shape index (κ3) is 4.96. The molecule has 194 valence electrons. The summed E-state index contributed by atoms with van der Waals surface area (Å²) in [4.78, 5) is 28.9. The minimum Gasteiger partial charge on any atom is -0.446 e. The van der Waals surface area contributed by atoms with Crippen LogP contribution in [-0.4, -0.2) is 59.5 Å². The Bertz CT molecular complexity index is 1120. The molecule has 1 atom stereocenters. The Labute approximate surface area is 209 Å². The lowest BCUT2D eigenvalue weighted by atomic mass is 9.94. The number of benzene rings is 1. The van der Waals surface area contributed by atoms with E-state index >= 15 is 0 Å². The summed E-state index contributed by atoms with van der Waals surface area (Å²) in [7, 11) is 0. The molecule has 1 N–H and O–H groups in total. The van der Waals surface area contributed by atoms with Crippen molar-refractivity contribution in [2.45, 2.75) is 76.5 Å². The topological polar surface area (TPSA) is 79.7 Å². The van der Waals surface area contributed by atoms with Crippen molar-refractivity contribution < 1.29 is 23.1 Å². The van der Waals surface area contributed by atoms with Gasteiger partial charge in [-0.05, 0) is 63.4 Å². The van der Waals surface area contributed by atoms with Gasteiger partial charge in [0.1, 0.15) is 6.10 Å². The normalized spacial score (nSPS) is 22.8. The van der Waals surface area contributed by atoms with Crippen molar-refractivity contribution >= 4 is 23.4 Å². The van der Waals surface area contributed by atoms with Gasteiger partial charge in [-0.1, -0.05) is 6.07 Å². The molecule has 0 radical (unpaired) electrons. The van der Waals surface area contributed by atoms with Crippen molar-refractivity contribution in [1.82, 2.24) is 15.1 Å². The fraction of sp³-hybridized carbons (Fsp3) is 0.577. The SMILES string of the molecule is CC(=O)N1c2ccc(-c3cnn(C4CCNCC4)c3)cc2N(C(=O)OC2CCC(F)(F)CC2)C[C@@H]1C. The van der Waals surface area contributed by atoms with E-state index in [9.17, 15) is 18.4 Å². The van der Waals surface area contributed by atoms with E-state index in [1.807, 2.05) is 42.2 Å². The largest absolute Gasteiger partial charge is 0.446 e. The standard InChI is InChI=1S/C26H33F2N5O3/c1-17-15-31(25(35)36-22-5-9-26(27,28)10-6-22)24-13-19(3-4-23(24)33(17)18(2)34)20-14-30-32(16-20)21-7-11-29-12-8-21/h3-4,13-14,16-17,21-22,29H,5-12,15H2,1-2H3/t17-/m0/s1. The molecule has 0 unspecified atom stereocenters. The number of amides is 2. The van der Waals surface area contributed by atoms with Gasteiger partial charge in [0.15, 0.2) is 0 Å². The van der Waals surface area contributed by atoms with E-state index in [0.717, 1.165) is 37.1 Å². The number of fused-ring (bicyclic) bond motifs is 1. The molecule has 1 aliphatic carbocycles. The molecule has 1 aromatic carbocycles. The first-order chi connectivity index (χ1) is 17.2. The maximum absolute atomic E-state index is 13.6. The smallest absolute Gasteiger partial charge is 0.414 e. The molecular weight excluding hydrogens is 468 g/mol. The zero-order chi connectivity index (χ0) is 25.4. The van der Waals surface area contributed by atoms with Gasteiger partial charge in [-0.25, -0.2) is 13.6 Å². The average molecular weight is 502 g/mol. The summed E-state index contributed by atoms with van der Waals surface area (Å²) in [6.45, 7) is 5.57. The molecule has 2 fully saturated rings. The van der Waals surface area contributed by atoms with Crippen LogP contribution in [0.25, 0.3) is 11.1 Å². The fourth-order valence-electron chi connectivity index (χ4n) is 5.55. The Morgan fingerprint density at radius 1 is 1.08 bits per heavy atom. The molecule has 0 bridgehead atoms. The van der Waals surface area contributed by atoms with E-state index in [1.165, 1.54) is 11.8 Å². The molecule has 10 heteroatoms. The third-order valence-corrected chi connectivity index (χ3v) is 7.52. The highest BCUT2D eigenvalue weighted by Gasteiger charge is 2.39. The molecule has 1 saturated heterocycles. The fourth-order valence-corrected chi connectivity index (χ4v) is 5.55. The number of hydrogen-bond donors (Lipinski definition) is 1. The molecule has 0 spiro atoms. The zero-order valence-corrected chi connectivity index (χ0v) is 20.8. The average Bonchev–Trinajstić information content (AvgIpc) is 3.35. The maximum atomic E-state index is 13.6. The predicted octanol–water partition coefficient (Wildman–Crippen LogP) is 4.75. The van der Waals surface area contributed by atoms with Crippen molar-refractivity contribution in [2.24, 2.45) is 0 Å². The highest BCUT2D eigenvalue weighted by Crippen LogP contribution is 2.40. The van der Waals surface area contributed by atoms with Crippen LogP contribution in [0.5, 0.6) is 0 Å². The zero-order valence-electron chi connectivity index (χ0n) is 20.8. The van der Waals surface area contributed by atoms with Gasteiger partial charge in [-0.15, -0.1) is 0 Å². The molecule has 3 aliphatic rings. The van der Waals surface area contributed by atoms with E-state index in [4.69, 9.17) is 4.74 Å². The lowest BCUT2D eigenvalue weighted by Crippen LogP contribution is -2.52. The van der Waals surface area contributed by atoms with Gasteiger partial charge < -0.3 is 15.0 Å². The second-order valence-electron chi connectivity index (χ2n) is 10.2. The Morgan fingerprint density at radius 3 is 2.50 bits per heavy atom. The number of halogens is 2. The number of nitrogens with one attached hydrogen (secondary N) is 1. The van der Waals surface area contributed by atoms with E-state index < -0.39 is 18.1 Å². The lowest BCUT2D eigenvalue weighted by molar-refractivity contribution is -0.117. The number of alkyl halides is 2. The van der Waals surface area contributed by atoms with Crippen LogP contribution < -0.4 is 15.1 Å². The van der Waals surface area contributed by atoms with Gasteiger partial charge in [0.05, 0.1) is 29.7 Å². The lowest BCUT2D eigenvalue weighted by Gasteiger charge is -2.41. The molecule has 2 aromatic rings. The number of hydrogen-bond acceptors (Lipinski definition) is 5. The van der Waals surface area contributed by atoms with Gasteiger partial charge in [0, 0.05) is 38.1 Å². The number of anilines is 2. The van der Waals surface area contributed by atoms with Crippen LogP contribution in [0.2, 0.25) is 0 Å². The summed E-state index contributed by atoms with van der Waals surface area (Å²) >= 11 is 0. The summed E-state index contributed by atoms with van der Waals surface area (Å²) in [5.74, 6) is -2.80. The van der Waals surface area contributed by atoms with Crippen molar-refractivity contribution in [3.8, 4) is 11.1 Å². The van der Waals surface area contributed by atoms with Crippen LogP contribution in [0.3, 0.4) is 0 Å². The van der Waals surface area contributed by atoms with Gasteiger partial charge >= 0.3 is 6.09 Å². The number of rotatable bonds is 3. The number of carbonyl (C=O) groups is 2. The number of piperidine rings is 1. The van der Waals surface area contributed by atoms with E-state index in [2.05, 4.69) is 10.4 Å². The first-order valence-electron chi connectivity index (χ1n) is 12.8. The van der Waals surface area contributed by atoms with Crippen LogP contribution >= 0.6 is 0 Å². The quantitative estimate of drug-likeness (QED) is 0.657. The Hall–Kier alpha value is -3.01. The first kappa shape index (κ1) is 24.7. The number of carbonyl (C=O) groups excluding carboxylic acids is 2. The number of ether oxygens (including phenoxy) is 1. The molecule has 36 heavy (non-hydrogen) atoms. The minimum absolute atomic E-state index is 0.113. The van der Waals surface area contributed by atoms with Crippen molar-refractivity contribution in [1.29, 1.82) is 0 Å². The summed E-state index contributed by atoms with van der Waals surface area (Å²) in [5, 5.41) is 7.95. The summed E-state index contributed by atoms with van der Waals surface area (Å²) in [6.07, 6.45) is 4.52. The molecule has 3 heterocycles. The van der Waals surface area contributed by atoms with Crippen LogP contribution in [0.15, 0.2) is 30.6 Å². The van der Waals surface area contributed by atoms with E-state index in [-0.39, 0.29) is 44.2 Å². The molecule has 1 saturated carbocycles. The van der Waals surface area contributed by atoms with Crippen LogP contribution in [-0.2, 0) is 9.53 Å². The Kier molecular flexibility index (Phi) is 6.72. The van der Waals surface area contributed by atoms with Crippen LogP contribution in [0.1, 0.15) is 58.4 Å². The third-order valence-electron chi connectivity index (χ3n) is 7.52. The maximum Gasteiger partial charge on any atom is 0.414 e. The second-order valence-corrected chi connectivity index (χ2v) is 10.2. The Balaban J connectivity index is 1.42. The monoisotopic (exact) mass is 501 g/mol. The van der Waals surface area contributed by atoms with E-state index in [0.29, 0.717) is 17.4 Å². The van der Waals surface area contributed by atoms with Crippen molar-refractivity contribution in [3.05, 3.63) is 30.6 Å². The summed E-state index contributed by atoms with van der Waals surface area (Å²) < 4.78 is 34.8. The van der Waals surface area contributed by atoms with Gasteiger partial charge in [0.2, 0.25) is 11.8 Å². The van der Waals surface area contributed by atoms with Crippen molar-refractivity contribution in [2.75, 3.05) is 29.4 Å². The number of nitrogens with zero attached hydrogens (tertiary/aromatic N) is 4. The van der Waals surface area contributed by atoms with Gasteiger partial charge in [-0.2, -0.15) is 5.10 Å². The first-order valence-corrected chi connectivity index (χ1v) is 12.8. The highest BCUT2D eigenvalue weighted by atomic mass is 19.3. The predicted molar refractivity (Wildman–Crippen MR) is 132 cm³/mol. The second kappa shape index (κ2) is 9.80. The van der Waals surface area contributed by atoms with Crippen molar-refractivity contribution in [3.63, 3.8) is 0 Å². The molecule has 2 aliphatic heterocycles. The van der Waals surface area contributed by atoms with Crippen LogP contribution in [0, 0.1) is 0 Å². The van der Waals surface area contributed by atoms with E-state index in [1.54, 1.807) is 4.90 Å².